The maximum Gasteiger partial charge on any atom is 0.0847 e. The van der Waals surface area contributed by atoms with Crippen molar-refractivity contribution in [3.05, 3.63) is 41.2 Å². The molecule has 72 valence electrons. The monoisotopic (exact) mass is 207 g/mol. The molecule has 0 aliphatic rings. The average molecular weight is 207 g/mol. The summed E-state index contributed by atoms with van der Waals surface area (Å²) in [6.07, 6.45) is 3.30. The second kappa shape index (κ2) is 4.26. The summed E-state index contributed by atoms with van der Waals surface area (Å²) in [7, 11) is 0. The number of aliphatic hydroxyl groups is 1. The molecule has 2 rings (SSSR count). The molecule has 0 amide bonds. The Balaban J connectivity index is 2.07. The van der Waals surface area contributed by atoms with Crippen LogP contribution in [0.25, 0.3) is 0 Å². The zero-order valence-electron chi connectivity index (χ0n) is 7.37. The normalized spacial score (nSPS) is 12.6. The first-order valence-corrected chi connectivity index (χ1v) is 5.04. The first-order valence-electron chi connectivity index (χ1n) is 4.20. The Bertz CT molecular complexity index is 376. The number of pyridine rings is 1. The minimum atomic E-state index is -0.526. The van der Waals surface area contributed by atoms with Crippen molar-refractivity contribution in [1.29, 1.82) is 0 Å². The van der Waals surface area contributed by atoms with Gasteiger partial charge in [0.1, 0.15) is 0 Å². The molecule has 0 aliphatic heterocycles. The molecule has 0 radical (unpaired) electrons. The smallest absolute Gasteiger partial charge is 0.0847 e. The van der Waals surface area contributed by atoms with Gasteiger partial charge in [-0.05, 0) is 29.2 Å². The van der Waals surface area contributed by atoms with Gasteiger partial charge in [0.25, 0.3) is 0 Å². The Kier molecular flexibility index (Phi) is 2.81. The summed E-state index contributed by atoms with van der Waals surface area (Å²) in [5, 5.41) is 15.5. The first kappa shape index (κ1) is 9.23. The first-order chi connectivity index (χ1) is 6.86. The van der Waals surface area contributed by atoms with Gasteiger partial charge in [0.05, 0.1) is 11.8 Å². The molecule has 14 heavy (non-hydrogen) atoms. The lowest BCUT2D eigenvalue weighted by Crippen LogP contribution is -2.02. The minimum Gasteiger partial charge on any atom is -0.388 e. The molecular weight excluding hydrogens is 198 g/mol. The summed E-state index contributed by atoms with van der Waals surface area (Å²) in [5.74, 6) is 0. The molecule has 0 saturated carbocycles. The molecule has 0 aromatic carbocycles. The predicted octanol–water partition coefficient (Wildman–Crippen LogP) is 1.21. The Morgan fingerprint density at radius 2 is 2.14 bits per heavy atom. The summed E-state index contributed by atoms with van der Waals surface area (Å²) < 4.78 is 3.74. The van der Waals surface area contributed by atoms with E-state index in [0.717, 1.165) is 11.3 Å². The topological polar surface area (TPSA) is 58.9 Å². The molecule has 0 fully saturated rings. The lowest BCUT2D eigenvalue weighted by atomic mass is 10.1. The SMILES string of the molecule is OC(Cc1csnn1)c1ccncc1. The van der Waals surface area contributed by atoms with E-state index in [4.69, 9.17) is 0 Å². The van der Waals surface area contributed by atoms with E-state index in [9.17, 15) is 5.11 Å². The maximum absolute atomic E-state index is 9.80. The highest BCUT2D eigenvalue weighted by molar-refractivity contribution is 7.03. The van der Waals surface area contributed by atoms with Crippen molar-refractivity contribution in [2.45, 2.75) is 12.5 Å². The van der Waals surface area contributed by atoms with E-state index in [1.54, 1.807) is 24.5 Å². The van der Waals surface area contributed by atoms with Crippen LogP contribution in [0.5, 0.6) is 0 Å². The van der Waals surface area contributed by atoms with Gasteiger partial charge in [-0.2, -0.15) is 0 Å². The molecule has 0 spiro atoms. The third-order valence-corrected chi connectivity index (χ3v) is 2.45. The number of aliphatic hydroxyl groups excluding tert-OH is 1. The van der Waals surface area contributed by atoms with E-state index in [1.165, 1.54) is 11.5 Å². The summed E-state index contributed by atoms with van der Waals surface area (Å²) in [4.78, 5) is 3.89. The highest BCUT2D eigenvalue weighted by Gasteiger charge is 2.09. The Morgan fingerprint density at radius 3 is 2.79 bits per heavy atom. The summed E-state index contributed by atoms with van der Waals surface area (Å²) in [6, 6.07) is 3.59. The molecule has 1 unspecified atom stereocenters. The fraction of sp³-hybridized carbons (Fsp3) is 0.222. The van der Waals surface area contributed by atoms with E-state index in [2.05, 4.69) is 14.6 Å². The van der Waals surface area contributed by atoms with Crippen LogP contribution < -0.4 is 0 Å². The molecule has 2 aromatic heterocycles. The Labute approximate surface area is 85.4 Å². The molecule has 4 nitrogen and oxygen atoms in total. The second-order valence-corrected chi connectivity index (χ2v) is 3.51. The molecular formula is C9H9N3OS. The fourth-order valence-corrected chi connectivity index (χ4v) is 1.64. The Morgan fingerprint density at radius 1 is 1.36 bits per heavy atom. The molecule has 0 saturated heterocycles. The van der Waals surface area contributed by atoms with Gasteiger partial charge in [0, 0.05) is 24.2 Å². The summed E-state index contributed by atoms with van der Waals surface area (Å²) in [5.41, 5.74) is 1.67. The van der Waals surface area contributed by atoms with E-state index < -0.39 is 6.10 Å². The average Bonchev–Trinajstić information content (AvgIpc) is 2.72. The van der Waals surface area contributed by atoms with Crippen molar-refractivity contribution >= 4 is 11.5 Å². The van der Waals surface area contributed by atoms with Crippen LogP contribution in [-0.2, 0) is 6.42 Å². The van der Waals surface area contributed by atoms with Crippen LogP contribution >= 0.6 is 11.5 Å². The van der Waals surface area contributed by atoms with Crippen LogP contribution in [-0.4, -0.2) is 19.7 Å². The van der Waals surface area contributed by atoms with Crippen LogP contribution in [0.1, 0.15) is 17.4 Å². The van der Waals surface area contributed by atoms with Gasteiger partial charge in [0.2, 0.25) is 0 Å². The van der Waals surface area contributed by atoms with Crippen molar-refractivity contribution in [3.63, 3.8) is 0 Å². The second-order valence-electron chi connectivity index (χ2n) is 2.90. The van der Waals surface area contributed by atoms with Gasteiger partial charge in [-0.25, -0.2) is 0 Å². The lowest BCUT2D eigenvalue weighted by Gasteiger charge is -2.07. The van der Waals surface area contributed by atoms with Gasteiger partial charge in [-0.1, -0.05) is 4.49 Å². The zero-order valence-corrected chi connectivity index (χ0v) is 8.18. The Hall–Kier alpha value is -1.33. The van der Waals surface area contributed by atoms with Crippen molar-refractivity contribution in [2.75, 3.05) is 0 Å². The quantitative estimate of drug-likeness (QED) is 0.821. The third kappa shape index (κ3) is 2.12. The van der Waals surface area contributed by atoms with Gasteiger partial charge in [-0.3, -0.25) is 4.98 Å². The summed E-state index contributed by atoms with van der Waals surface area (Å²) in [6.45, 7) is 0. The molecule has 0 aliphatic carbocycles. The molecule has 0 bridgehead atoms. The molecule has 2 aromatic rings. The van der Waals surface area contributed by atoms with Gasteiger partial charge in [-0.15, -0.1) is 5.10 Å². The maximum atomic E-state index is 9.80. The van der Waals surface area contributed by atoms with E-state index in [-0.39, 0.29) is 0 Å². The van der Waals surface area contributed by atoms with Crippen LogP contribution in [0.4, 0.5) is 0 Å². The van der Waals surface area contributed by atoms with Crippen molar-refractivity contribution in [3.8, 4) is 0 Å². The number of hydrogen-bond acceptors (Lipinski definition) is 5. The molecule has 1 N–H and O–H groups in total. The van der Waals surface area contributed by atoms with Crippen LogP contribution in [0.3, 0.4) is 0 Å². The number of rotatable bonds is 3. The highest BCUT2D eigenvalue weighted by atomic mass is 32.1. The number of hydrogen-bond donors (Lipinski definition) is 1. The van der Waals surface area contributed by atoms with Crippen molar-refractivity contribution in [2.24, 2.45) is 0 Å². The molecule has 5 heteroatoms. The van der Waals surface area contributed by atoms with Gasteiger partial charge >= 0.3 is 0 Å². The molecule has 2 heterocycles. The standard InChI is InChI=1S/C9H9N3OS/c13-9(5-8-6-14-12-11-8)7-1-3-10-4-2-7/h1-4,6,9,13H,5H2. The predicted molar refractivity (Wildman–Crippen MR) is 52.8 cm³/mol. The van der Waals surface area contributed by atoms with Crippen LogP contribution in [0, 0.1) is 0 Å². The van der Waals surface area contributed by atoms with E-state index in [0.29, 0.717) is 6.42 Å². The van der Waals surface area contributed by atoms with Gasteiger partial charge in [0.15, 0.2) is 0 Å². The third-order valence-electron chi connectivity index (χ3n) is 1.90. The largest absolute Gasteiger partial charge is 0.388 e. The molecule has 1 atom stereocenters. The zero-order chi connectivity index (χ0) is 9.80. The minimum absolute atomic E-state index is 0.501. The number of nitrogens with zero attached hydrogens (tertiary/aromatic N) is 3. The van der Waals surface area contributed by atoms with E-state index in [1.807, 2.05) is 5.38 Å². The lowest BCUT2D eigenvalue weighted by molar-refractivity contribution is 0.177. The van der Waals surface area contributed by atoms with Crippen molar-refractivity contribution in [1.82, 2.24) is 14.6 Å². The van der Waals surface area contributed by atoms with Crippen LogP contribution in [0.15, 0.2) is 29.9 Å². The van der Waals surface area contributed by atoms with Crippen molar-refractivity contribution < 1.29 is 5.11 Å². The van der Waals surface area contributed by atoms with E-state index >= 15 is 0 Å². The highest BCUT2D eigenvalue weighted by Crippen LogP contribution is 2.16. The number of aromatic nitrogens is 3. The fourth-order valence-electron chi connectivity index (χ4n) is 1.17. The van der Waals surface area contributed by atoms with Gasteiger partial charge < -0.3 is 5.11 Å². The van der Waals surface area contributed by atoms with Crippen LogP contribution in [0.2, 0.25) is 0 Å². The summed E-state index contributed by atoms with van der Waals surface area (Å²) >= 11 is 1.29.